The van der Waals surface area contributed by atoms with Gasteiger partial charge in [0.25, 0.3) is 0 Å². The van der Waals surface area contributed by atoms with E-state index in [4.69, 9.17) is 4.99 Å². The highest BCUT2D eigenvalue weighted by atomic mass is 16.3. The van der Waals surface area contributed by atoms with E-state index in [2.05, 4.69) is 36.5 Å². The fraction of sp³-hybridized carbons (Fsp3) is 0.391. The highest BCUT2D eigenvalue weighted by Gasteiger charge is 2.40. The molecule has 1 amide bonds. The van der Waals surface area contributed by atoms with E-state index in [1.165, 1.54) is 5.56 Å². The summed E-state index contributed by atoms with van der Waals surface area (Å²) in [5.41, 5.74) is 3.90. The Bertz CT molecular complexity index is 896. The highest BCUT2D eigenvalue weighted by Crippen LogP contribution is 2.37. The normalized spacial score (nSPS) is 21.4. The first-order valence-electron chi connectivity index (χ1n) is 9.93. The number of nitrogens with one attached hydrogen (secondary N) is 1. The molecule has 1 saturated heterocycles. The number of rotatable bonds is 2. The van der Waals surface area contributed by atoms with E-state index in [1.807, 2.05) is 23.1 Å². The number of aliphatic imine (C=N–C) groups is 1. The zero-order valence-electron chi connectivity index (χ0n) is 16.5. The maximum absolute atomic E-state index is 11.8. The van der Waals surface area contributed by atoms with Gasteiger partial charge in [0.15, 0.2) is 0 Å². The molecule has 0 aliphatic carbocycles. The van der Waals surface area contributed by atoms with Crippen LogP contribution in [0.4, 0.5) is 0 Å². The minimum Gasteiger partial charge on any atom is -0.508 e. The minimum absolute atomic E-state index is 0.0149. The van der Waals surface area contributed by atoms with Gasteiger partial charge in [0.05, 0.1) is 0 Å². The van der Waals surface area contributed by atoms with Crippen molar-refractivity contribution in [2.45, 2.75) is 44.8 Å². The molecule has 5 nitrogen and oxygen atoms in total. The van der Waals surface area contributed by atoms with Gasteiger partial charge in [-0.05, 0) is 18.6 Å². The highest BCUT2D eigenvalue weighted by molar-refractivity contribution is 6.01. The maximum Gasteiger partial charge on any atom is 0.219 e. The topological polar surface area (TPSA) is 64.9 Å². The summed E-state index contributed by atoms with van der Waals surface area (Å²) in [5, 5.41) is 14.1. The lowest BCUT2D eigenvalue weighted by atomic mass is 9.87. The molecule has 2 aromatic rings. The van der Waals surface area contributed by atoms with E-state index in [0.29, 0.717) is 18.8 Å². The third-order valence-corrected chi connectivity index (χ3v) is 5.92. The van der Waals surface area contributed by atoms with Crippen LogP contribution in [0.25, 0.3) is 0 Å². The smallest absolute Gasteiger partial charge is 0.219 e. The second kappa shape index (κ2) is 7.40. The second-order valence-corrected chi connectivity index (χ2v) is 7.92. The lowest BCUT2D eigenvalue weighted by Crippen LogP contribution is -2.56. The van der Waals surface area contributed by atoms with Gasteiger partial charge in [-0.3, -0.25) is 15.1 Å². The molecule has 0 bridgehead atoms. The Balaban J connectivity index is 1.70. The van der Waals surface area contributed by atoms with E-state index < -0.39 is 5.66 Å². The fourth-order valence-corrected chi connectivity index (χ4v) is 4.25. The molecule has 1 atom stereocenters. The van der Waals surface area contributed by atoms with Crippen molar-refractivity contribution in [2.75, 3.05) is 13.1 Å². The molecule has 2 aliphatic heterocycles. The lowest BCUT2D eigenvalue weighted by molar-refractivity contribution is -0.130. The van der Waals surface area contributed by atoms with E-state index in [1.54, 1.807) is 13.0 Å². The van der Waals surface area contributed by atoms with E-state index in [-0.39, 0.29) is 11.9 Å². The molecule has 2 heterocycles. The van der Waals surface area contributed by atoms with Crippen molar-refractivity contribution in [1.82, 2.24) is 10.2 Å². The first-order valence-corrected chi connectivity index (χ1v) is 9.93. The predicted octanol–water partition coefficient (Wildman–Crippen LogP) is 3.56. The summed E-state index contributed by atoms with van der Waals surface area (Å²) >= 11 is 0. The van der Waals surface area contributed by atoms with Crippen LogP contribution in [-0.4, -0.2) is 40.4 Å². The number of aryl methyl sites for hydroxylation is 1. The monoisotopic (exact) mass is 377 g/mol. The second-order valence-electron chi connectivity index (χ2n) is 7.92. The first kappa shape index (κ1) is 18.7. The molecular formula is C23H27N3O2. The van der Waals surface area contributed by atoms with Crippen molar-refractivity contribution in [3.63, 3.8) is 0 Å². The summed E-state index contributed by atoms with van der Waals surface area (Å²) in [6, 6.07) is 16.0. The summed E-state index contributed by atoms with van der Waals surface area (Å²) in [5.74, 6) is 0.423. The molecular weight excluding hydrogens is 350 g/mol. The maximum atomic E-state index is 11.8. The van der Waals surface area contributed by atoms with Gasteiger partial charge in [-0.2, -0.15) is 0 Å². The Kier molecular flexibility index (Phi) is 4.94. The molecule has 2 N–H and O–H groups in total. The van der Waals surface area contributed by atoms with Crippen LogP contribution in [0.15, 0.2) is 53.5 Å². The van der Waals surface area contributed by atoms with Gasteiger partial charge < -0.3 is 10.0 Å². The summed E-state index contributed by atoms with van der Waals surface area (Å²) in [4.78, 5) is 18.8. The van der Waals surface area contributed by atoms with Gasteiger partial charge in [0.2, 0.25) is 5.91 Å². The van der Waals surface area contributed by atoms with Crippen LogP contribution in [0.2, 0.25) is 0 Å². The number of hydrogen-bond donors (Lipinski definition) is 2. The van der Waals surface area contributed by atoms with Gasteiger partial charge in [0, 0.05) is 56.6 Å². The van der Waals surface area contributed by atoms with Crippen LogP contribution < -0.4 is 5.32 Å². The molecule has 2 aliphatic rings. The Labute approximate surface area is 166 Å². The molecule has 1 unspecified atom stereocenters. The standard InChI is InChI=1S/C23H27N3O2/c1-16-7-9-18(10-8-16)20-15-21(19-5-3-4-6-22(19)28)25-23(24-20)11-13-26(14-12-23)17(2)27/h3-10,21,25,28H,11-15H2,1-2H3. The summed E-state index contributed by atoms with van der Waals surface area (Å²) in [6.07, 6.45) is 2.26. The van der Waals surface area contributed by atoms with Crippen molar-refractivity contribution < 1.29 is 9.90 Å². The SMILES string of the molecule is CC(=O)N1CCC2(CC1)N=C(c1ccc(C)cc1)CC(c1ccccc1O)N2. The average Bonchev–Trinajstić information content (AvgIpc) is 2.69. The molecule has 5 heteroatoms. The van der Waals surface area contributed by atoms with E-state index in [9.17, 15) is 9.90 Å². The third kappa shape index (κ3) is 3.67. The number of carbonyl (C=O) groups is 1. The van der Waals surface area contributed by atoms with Crippen molar-refractivity contribution >= 4 is 11.6 Å². The zero-order chi connectivity index (χ0) is 19.7. The van der Waals surface area contributed by atoms with Crippen molar-refractivity contribution in [2.24, 2.45) is 4.99 Å². The number of amides is 1. The van der Waals surface area contributed by atoms with E-state index in [0.717, 1.165) is 36.1 Å². The molecule has 1 fully saturated rings. The summed E-state index contributed by atoms with van der Waals surface area (Å²) in [6.45, 7) is 5.09. The molecule has 4 rings (SSSR count). The Morgan fingerprint density at radius 2 is 1.82 bits per heavy atom. The summed E-state index contributed by atoms with van der Waals surface area (Å²) < 4.78 is 0. The minimum atomic E-state index is -0.405. The zero-order valence-corrected chi connectivity index (χ0v) is 16.5. The number of piperidine rings is 1. The molecule has 2 aromatic carbocycles. The molecule has 1 spiro atoms. The Hall–Kier alpha value is -2.66. The van der Waals surface area contributed by atoms with Crippen LogP contribution in [0, 0.1) is 6.92 Å². The number of phenols is 1. The molecule has 28 heavy (non-hydrogen) atoms. The number of hydrogen-bond acceptors (Lipinski definition) is 4. The number of aromatic hydroxyl groups is 1. The Morgan fingerprint density at radius 3 is 2.46 bits per heavy atom. The van der Waals surface area contributed by atoms with Crippen LogP contribution in [0.3, 0.4) is 0 Å². The molecule has 0 aromatic heterocycles. The quantitative estimate of drug-likeness (QED) is 0.841. The van der Waals surface area contributed by atoms with Gasteiger partial charge in [-0.15, -0.1) is 0 Å². The van der Waals surface area contributed by atoms with Gasteiger partial charge in [-0.1, -0.05) is 48.0 Å². The molecule has 0 saturated carbocycles. The first-order chi connectivity index (χ1) is 13.5. The lowest BCUT2D eigenvalue weighted by Gasteiger charge is -2.45. The average molecular weight is 377 g/mol. The van der Waals surface area contributed by atoms with Gasteiger partial charge in [-0.25, -0.2) is 0 Å². The van der Waals surface area contributed by atoms with Gasteiger partial charge in [0.1, 0.15) is 11.4 Å². The van der Waals surface area contributed by atoms with Crippen LogP contribution in [0.1, 0.15) is 48.9 Å². The van der Waals surface area contributed by atoms with Crippen molar-refractivity contribution in [3.8, 4) is 5.75 Å². The van der Waals surface area contributed by atoms with Crippen LogP contribution >= 0.6 is 0 Å². The molecule has 146 valence electrons. The Morgan fingerprint density at radius 1 is 1.14 bits per heavy atom. The number of nitrogens with zero attached hydrogens (tertiary/aromatic N) is 2. The third-order valence-electron chi connectivity index (χ3n) is 5.92. The number of likely N-dealkylation sites (tertiary alicyclic amines) is 1. The number of phenolic OH excluding ortho intramolecular Hbond substituents is 1. The summed E-state index contributed by atoms with van der Waals surface area (Å²) in [7, 11) is 0. The van der Waals surface area contributed by atoms with Crippen LogP contribution in [0.5, 0.6) is 5.75 Å². The largest absolute Gasteiger partial charge is 0.508 e. The van der Waals surface area contributed by atoms with E-state index >= 15 is 0 Å². The predicted molar refractivity (Wildman–Crippen MR) is 111 cm³/mol. The van der Waals surface area contributed by atoms with Crippen LogP contribution in [-0.2, 0) is 4.79 Å². The fourth-order valence-electron chi connectivity index (χ4n) is 4.25. The number of carbonyl (C=O) groups excluding carboxylic acids is 1. The number of para-hydroxylation sites is 1. The van der Waals surface area contributed by atoms with Gasteiger partial charge >= 0.3 is 0 Å². The molecule has 0 radical (unpaired) electrons. The van der Waals surface area contributed by atoms with Crippen molar-refractivity contribution in [1.29, 1.82) is 0 Å². The number of benzene rings is 2. The van der Waals surface area contributed by atoms with Crippen molar-refractivity contribution in [3.05, 3.63) is 65.2 Å².